The van der Waals surface area contributed by atoms with E-state index in [1.54, 1.807) is 18.0 Å². The van der Waals surface area contributed by atoms with E-state index in [-0.39, 0.29) is 22.1 Å². The molecular weight excluding hydrogens is 292 g/mol. The van der Waals surface area contributed by atoms with Crippen LogP contribution in [-0.2, 0) is 10.0 Å². The molecule has 0 heterocycles. The zero-order valence-corrected chi connectivity index (χ0v) is 13.2. The molecule has 21 heavy (non-hydrogen) atoms. The van der Waals surface area contributed by atoms with Crippen LogP contribution in [0.5, 0.6) is 5.75 Å². The Kier molecular flexibility index (Phi) is 4.25. The number of amides is 1. The van der Waals surface area contributed by atoms with Crippen molar-refractivity contribution in [1.29, 1.82) is 0 Å². The number of sulfonamides is 1. The van der Waals surface area contributed by atoms with Gasteiger partial charge < -0.3 is 9.64 Å². The van der Waals surface area contributed by atoms with Gasteiger partial charge in [-0.15, -0.1) is 0 Å². The predicted octanol–water partition coefficient (Wildman–Crippen LogP) is 1.07. The molecule has 1 aliphatic carbocycles. The van der Waals surface area contributed by atoms with Gasteiger partial charge in [0.25, 0.3) is 5.91 Å². The van der Waals surface area contributed by atoms with Gasteiger partial charge >= 0.3 is 0 Å². The second-order valence-electron chi connectivity index (χ2n) is 5.57. The third-order valence-corrected chi connectivity index (χ3v) is 4.78. The summed E-state index contributed by atoms with van der Waals surface area (Å²) in [5.41, 5.74) is 0.288. The average Bonchev–Trinajstić information content (AvgIpc) is 3.11. The Bertz CT molecular complexity index is 657. The predicted molar refractivity (Wildman–Crippen MR) is 78.6 cm³/mol. The van der Waals surface area contributed by atoms with Gasteiger partial charge in [-0.25, -0.2) is 13.6 Å². The van der Waals surface area contributed by atoms with Crippen LogP contribution in [-0.4, -0.2) is 39.9 Å². The summed E-state index contributed by atoms with van der Waals surface area (Å²) in [6.45, 7) is 2.83. The number of ether oxygens (including phenoxy) is 1. The van der Waals surface area contributed by atoms with Crippen LogP contribution < -0.4 is 9.88 Å². The number of nitrogens with two attached hydrogens (primary N) is 1. The molecule has 116 valence electrons. The van der Waals surface area contributed by atoms with E-state index < -0.39 is 10.0 Å². The van der Waals surface area contributed by atoms with Crippen molar-refractivity contribution >= 4 is 15.9 Å². The van der Waals surface area contributed by atoms with E-state index in [1.807, 2.05) is 0 Å². The van der Waals surface area contributed by atoms with Gasteiger partial charge in [0.2, 0.25) is 10.0 Å². The monoisotopic (exact) mass is 312 g/mol. The maximum atomic E-state index is 12.3. The third kappa shape index (κ3) is 3.54. The van der Waals surface area contributed by atoms with Crippen molar-refractivity contribution in [3.05, 3.63) is 23.8 Å². The van der Waals surface area contributed by atoms with E-state index in [4.69, 9.17) is 9.88 Å². The second-order valence-corrected chi connectivity index (χ2v) is 7.10. The molecule has 1 aliphatic rings. The fourth-order valence-electron chi connectivity index (χ4n) is 2.34. The molecule has 1 aromatic rings. The summed E-state index contributed by atoms with van der Waals surface area (Å²) in [7, 11) is -0.873. The van der Waals surface area contributed by atoms with Crippen LogP contribution in [0.1, 0.15) is 23.7 Å². The van der Waals surface area contributed by atoms with Crippen molar-refractivity contribution in [3.63, 3.8) is 0 Å². The molecular formula is C14H20N2O4S. The molecule has 2 atom stereocenters. The maximum Gasteiger partial charge on any atom is 0.253 e. The van der Waals surface area contributed by atoms with E-state index in [1.165, 1.54) is 19.2 Å². The van der Waals surface area contributed by atoms with Crippen molar-refractivity contribution in [2.75, 3.05) is 20.7 Å². The van der Waals surface area contributed by atoms with E-state index >= 15 is 0 Å². The highest BCUT2D eigenvalue weighted by Crippen LogP contribution is 2.38. The van der Waals surface area contributed by atoms with Gasteiger partial charge in [-0.3, -0.25) is 4.79 Å². The number of hydrogen-bond donors (Lipinski definition) is 1. The van der Waals surface area contributed by atoms with Gasteiger partial charge in [-0.2, -0.15) is 0 Å². The highest BCUT2D eigenvalue weighted by molar-refractivity contribution is 7.89. The minimum Gasteiger partial charge on any atom is -0.495 e. The van der Waals surface area contributed by atoms with Gasteiger partial charge in [0.05, 0.1) is 7.11 Å². The smallest absolute Gasteiger partial charge is 0.253 e. The topological polar surface area (TPSA) is 89.7 Å². The summed E-state index contributed by atoms with van der Waals surface area (Å²) < 4.78 is 28.1. The highest BCUT2D eigenvalue weighted by atomic mass is 32.2. The number of rotatable bonds is 5. The van der Waals surface area contributed by atoms with Gasteiger partial charge in [0.15, 0.2) is 0 Å². The zero-order chi connectivity index (χ0) is 15.8. The summed E-state index contributed by atoms with van der Waals surface area (Å²) in [5, 5.41) is 5.15. The second kappa shape index (κ2) is 5.65. The zero-order valence-electron chi connectivity index (χ0n) is 12.4. The number of benzene rings is 1. The van der Waals surface area contributed by atoms with E-state index in [9.17, 15) is 13.2 Å². The minimum atomic E-state index is -3.94. The Labute approximate surface area is 124 Å². The Hall–Kier alpha value is -1.60. The molecule has 2 N–H and O–H groups in total. The molecule has 7 heteroatoms. The lowest BCUT2D eigenvalue weighted by Crippen LogP contribution is -2.29. The van der Waals surface area contributed by atoms with Crippen LogP contribution in [0.25, 0.3) is 0 Å². The van der Waals surface area contributed by atoms with E-state index in [0.29, 0.717) is 18.4 Å². The lowest BCUT2D eigenvalue weighted by atomic mass is 10.2. The first-order valence-corrected chi connectivity index (χ1v) is 8.25. The molecule has 1 saturated carbocycles. The first-order chi connectivity index (χ1) is 9.74. The van der Waals surface area contributed by atoms with Gasteiger partial charge in [0.1, 0.15) is 10.6 Å². The molecule has 1 fully saturated rings. The van der Waals surface area contributed by atoms with Crippen LogP contribution in [0.15, 0.2) is 23.1 Å². The lowest BCUT2D eigenvalue weighted by molar-refractivity contribution is 0.0786. The summed E-state index contributed by atoms with van der Waals surface area (Å²) in [6.07, 6.45) is 1.13. The SMILES string of the molecule is COc1ccc(C(=O)N(C)CC2CC2C)cc1S(N)(=O)=O. The van der Waals surface area contributed by atoms with Gasteiger partial charge in [0, 0.05) is 19.2 Å². The minimum absolute atomic E-state index is 0.132. The molecule has 2 unspecified atom stereocenters. The summed E-state index contributed by atoms with van der Waals surface area (Å²) in [6, 6.07) is 4.26. The first kappa shape index (κ1) is 15.8. The molecule has 0 aromatic heterocycles. The molecule has 0 bridgehead atoms. The van der Waals surface area contributed by atoms with Crippen molar-refractivity contribution in [3.8, 4) is 5.75 Å². The van der Waals surface area contributed by atoms with Crippen molar-refractivity contribution in [2.24, 2.45) is 17.0 Å². The summed E-state index contributed by atoms with van der Waals surface area (Å²) >= 11 is 0. The number of primary sulfonamides is 1. The van der Waals surface area contributed by atoms with Crippen molar-refractivity contribution in [1.82, 2.24) is 4.90 Å². The Balaban J connectivity index is 2.25. The Morgan fingerprint density at radius 2 is 2.10 bits per heavy atom. The van der Waals surface area contributed by atoms with Crippen LogP contribution in [0, 0.1) is 11.8 Å². The standard InChI is InChI=1S/C14H20N2O4S/c1-9-6-11(9)8-16(2)14(17)10-4-5-12(20-3)13(7-10)21(15,18)19/h4-5,7,9,11H,6,8H2,1-3H3,(H2,15,18,19). The number of carbonyl (C=O) groups is 1. The van der Waals surface area contributed by atoms with Crippen LogP contribution >= 0.6 is 0 Å². The molecule has 2 rings (SSSR count). The quantitative estimate of drug-likeness (QED) is 0.880. The Morgan fingerprint density at radius 3 is 2.57 bits per heavy atom. The Morgan fingerprint density at radius 1 is 1.48 bits per heavy atom. The highest BCUT2D eigenvalue weighted by Gasteiger charge is 2.34. The van der Waals surface area contributed by atoms with Crippen molar-refractivity contribution < 1.29 is 17.9 Å². The summed E-state index contributed by atoms with van der Waals surface area (Å²) in [5.74, 6) is 1.10. The average molecular weight is 312 g/mol. The van der Waals surface area contributed by atoms with E-state index in [0.717, 1.165) is 6.42 Å². The van der Waals surface area contributed by atoms with Crippen molar-refractivity contribution in [2.45, 2.75) is 18.2 Å². The molecule has 1 aromatic carbocycles. The summed E-state index contributed by atoms with van der Waals surface area (Å²) in [4.78, 5) is 13.8. The maximum absolute atomic E-state index is 12.3. The van der Waals surface area contributed by atoms with Crippen LogP contribution in [0.2, 0.25) is 0 Å². The van der Waals surface area contributed by atoms with Gasteiger partial charge in [-0.1, -0.05) is 6.92 Å². The lowest BCUT2D eigenvalue weighted by Gasteiger charge is -2.18. The molecule has 0 saturated heterocycles. The molecule has 0 spiro atoms. The fraction of sp³-hybridized carbons (Fsp3) is 0.500. The number of nitrogens with zero attached hydrogens (tertiary/aromatic N) is 1. The fourth-order valence-corrected chi connectivity index (χ4v) is 3.06. The molecule has 0 radical (unpaired) electrons. The molecule has 1 amide bonds. The molecule has 0 aliphatic heterocycles. The first-order valence-electron chi connectivity index (χ1n) is 6.70. The molecule has 6 nitrogen and oxygen atoms in total. The largest absolute Gasteiger partial charge is 0.495 e. The van der Waals surface area contributed by atoms with Crippen LogP contribution in [0.3, 0.4) is 0 Å². The van der Waals surface area contributed by atoms with Gasteiger partial charge in [-0.05, 0) is 36.5 Å². The van der Waals surface area contributed by atoms with Crippen LogP contribution in [0.4, 0.5) is 0 Å². The number of carbonyl (C=O) groups excluding carboxylic acids is 1. The number of hydrogen-bond acceptors (Lipinski definition) is 4. The third-order valence-electron chi connectivity index (χ3n) is 3.85. The number of methoxy groups -OCH3 is 1. The van der Waals surface area contributed by atoms with E-state index in [2.05, 4.69) is 6.92 Å². The normalized spacial score (nSPS) is 21.0.